The number of hydrogen-bond acceptors (Lipinski definition) is 5. The smallest absolute Gasteiger partial charge is 0.333 e. The second-order valence-electron chi connectivity index (χ2n) is 7.16. The van der Waals surface area contributed by atoms with Crippen LogP contribution in [0, 0.1) is 0 Å². The molecule has 0 saturated heterocycles. The molecule has 1 unspecified atom stereocenters. The zero-order valence-electron chi connectivity index (χ0n) is 16.5. The maximum absolute atomic E-state index is 12.5. The van der Waals surface area contributed by atoms with Gasteiger partial charge in [0.25, 0.3) is 10.0 Å². The van der Waals surface area contributed by atoms with E-state index in [0.717, 1.165) is 22.2 Å². The van der Waals surface area contributed by atoms with Crippen molar-refractivity contribution in [2.75, 3.05) is 12.4 Å². The Morgan fingerprint density at radius 2 is 1.71 bits per heavy atom. The molecule has 2 rings (SSSR count). The van der Waals surface area contributed by atoms with E-state index in [2.05, 4.69) is 10.6 Å². The number of likely N-dealkylation sites (N-methyl/N-ethyl adjacent to an activating group) is 1. The van der Waals surface area contributed by atoms with Gasteiger partial charge in [0.05, 0.1) is 0 Å². The average molecular weight is 410 g/mol. The molecule has 0 bridgehead atoms. The maximum atomic E-state index is 12.5. The monoisotopic (exact) mass is 410 g/mol. The molecular weight excluding hydrogens is 384 g/mol. The Balaban J connectivity index is 2.29. The van der Waals surface area contributed by atoms with Gasteiger partial charge >= 0.3 is 12.1 Å². The van der Waals surface area contributed by atoms with Crippen LogP contribution < -0.4 is 15.4 Å². The van der Waals surface area contributed by atoms with Gasteiger partial charge in [0, 0.05) is 18.9 Å². The van der Waals surface area contributed by atoms with Crippen LogP contribution in [0.3, 0.4) is 0 Å². The van der Waals surface area contributed by atoms with E-state index in [9.17, 15) is 23.1 Å². The lowest BCUT2D eigenvalue weighted by molar-refractivity contribution is 0.0763. The number of nitrogens with one attached hydrogen (secondary N) is 3. The van der Waals surface area contributed by atoms with Crippen LogP contribution in [0.2, 0.25) is 0 Å². The Morgan fingerprint density at radius 1 is 1.18 bits per heavy atom. The van der Waals surface area contributed by atoms with Crippen molar-refractivity contribution in [3.63, 3.8) is 0 Å². The SMILES string of the molecule is CC(C)c1cccc(C(C)C)c1NC(=O)NS(=O)(=O)C1=CNC(=O)N(C)C1O. The molecule has 4 N–H and O–H groups in total. The van der Waals surface area contributed by atoms with Gasteiger partial charge < -0.3 is 15.7 Å². The summed E-state index contributed by atoms with van der Waals surface area (Å²) in [5, 5.41) is 14.9. The summed E-state index contributed by atoms with van der Waals surface area (Å²) in [6.07, 6.45) is -0.835. The number of carbonyl (C=O) groups is 2. The number of aliphatic hydroxyl groups is 1. The fraction of sp³-hybridized carbons (Fsp3) is 0.444. The predicted octanol–water partition coefficient (Wildman–Crippen LogP) is 2.20. The summed E-state index contributed by atoms with van der Waals surface area (Å²) >= 11 is 0. The minimum atomic E-state index is -4.38. The lowest BCUT2D eigenvalue weighted by Gasteiger charge is -2.29. The molecule has 1 aromatic carbocycles. The molecule has 10 heteroatoms. The Morgan fingerprint density at radius 3 is 2.21 bits per heavy atom. The van der Waals surface area contributed by atoms with Crippen molar-refractivity contribution in [3.8, 4) is 0 Å². The van der Waals surface area contributed by atoms with Crippen molar-refractivity contribution in [3.05, 3.63) is 40.4 Å². The molecule has 1 atom stereocenters. The second kappa shape index (κ2) is 8.19. The normalized spacial score (nSPS) is 17.4. The molecule has 0 saturated carbocycles. The molecule has 28 heavy (non-hydrogen) atoms. The van der Waals surface area contributed by atoms with Crippen LogP contribution in [0.1, 0.15) is 50.7 Å². The summed E-state index contributed by atoms with van der Waals surface area (Å²) in [6.45, 7) is 7.89. The summed E-state index contributed by atoms with van der Waals surface area (Å²) in [6, 6.07) is 4.02. The van der Waals surface area contributed by atoms with Gasteiger partial charge in [-0.3, -0.25) is 4.90 Å². The number of para-hydroxylation sites is 1. The van der Waals surface area contributed by atoms with Gasteiger partial charge in [0.1, 0.15) is 4.91 Å². The van der Waals surface area contributed by atoms with Crippen molar-refractivity contribution in [1.29, 1.82) is 0 Å². The Hall–Kier alpha value is -2.59. The quantitative estimate of drug-likeness (QED) is 0.592. The van der Waals surface area contributed by atoms with Crippen LogP contribution >= 0.6 is 0 Å². The number of aliphatic hydroxyl groups excluding tert-OH is 1. The van der Waals surface area contributed by atoms with Crippen molar-refractivity contribution >= 4 is 27.8 Å². The minimum absolute atomic E-state index is 0.109. The molecule has 0 aromatic heterocycles. The van der Waals surface area contributed by atoms with Crippen LogP contribution in [0.5, 0.6) is 0 Å². The van der Waals surface area contributed by atoms with E-state index >= 15 is 0 Å². The molecule has 9 nitrogen and oxygen atoms in total. The number of sulfonamides is 1. The van der Waals surface area contributed by atoms with Gasteiger partial charge in [-0.1, -0.05) is 45.9 Å². The molecule has 1 aliphatic rings. The highest BCUT2D eigenvalue weighted by atomic mass is 32.2. The highest BCUT2D eigenvalue weighted by Gasteiger charge is 2.35. The van der Waals surface area contributed by atoms with E-state index in [0.29, 0.717) is 5.69 Å². The van der Waals surface area contributed by atoms with Crippen molar-refractivity contribution in [1.82, 2.24) is 14.9 Å². The van der Waals surface area contributed by atoms with E-state index in [1.165, 1.54) is 7.05 Å². The van der Waals surface area contributed by atoms with Crippen molar-refractivity contribution in [2.24, 2.45) is 0 Å². The third kappa shape index (κ3) is 4.45. The molecule has 1 aliphatic heterocycles. The topological polar surface area (TPSA) is 128 Å². The molecule has 0 spiro atoms. The highest BCUT2D eigenvalue weighted by molar-refractivity contribution is 7.94. The first kappa shape index (κ1) is 21.7. The van der Waals surface area contributed by atoms with Crippen LogP contribution in [0.4, 0.5) is 15.3 Å². The van der Waals surface area contributed by atoms with Gasteiger partial charge in [-0.25, -0.2) is 22.7 Å². The van der Waals surface area contributed by atoms with Crippen molar-refractivity contribution < 1.29 is 23.1 Å². The lowest BCUT2D eigenvalue weighted by Crippen LogP contribution is -2.50. The number of amides is 4. The first-order chi connectivity index (χ1) is 13.0. The van der Waals surface area contributed by atoms with E-state index in [4.69, 9.17) is 0 Å². The number of benzene rings is 1. The van der Waals surface area contributed by atoms with E-state index < -0.39 is 33.2 Å². The molecule has 0 fully saturated rings. The third-order valence-corrected chi connectivity index (χ3v) is 5.83. The van der Waals surface area contributed by atoms with Crippen molar-refractivity contribution in [2.45, 2.75) is 45.8 Å². The van der Waals surface area contributed by atoms with E-state index in [-0.39, 0.29) is 11.8 Å². The van der Waals surface area contributed by atoms with E-state index in [1.807, 2.05) is 50.6 Å². The van der Waals surface area contributed by atoms with Gasteiger partial charge in [0.15, 0.2) is 6.23 Å². The maximum Gasteiger partial charge on any atom is 0.333 e. The molecule has 0 radical (unpaired) electrons. The summed E-state index contributed by atoms with van der Waals surface area (Å²) in [5.74, 6) is 0.217. The number of anilines is 1. The molecule has 1 aromatic rings. The second-order valence-corrected chi connectivity index (χ2v) is 8.84. The third-order valence-electron chi connectivity index (χ3n) is 4.43. The Labute approximate surface area is 164 Å². The van der Waals surface area contributed by atoms with Gasteiger partial charge in [-0.15, -0.1) is 0 Å². The fourth-order valence-corrected chi connectivity index (χ4v) is 3.91. The molecular formula is C18H26N4O5S. The summed E-state index contributed by atoms with van der Waals surface area (Å²) in [4.78, 5) is 24.2. The number of rotatable bonds is 5. The lowest BCUT2D eigenvalue weighted by atomic mass is 9.93. The van der Waals surface area contributed by atoms with Gasteiger partial charge in [-0.2, -0.15) is 0 Å². The van der Waals surface area contributed by atoms with Gasteiger partial charge in [-0.05, 0) is 23.0 Å². The van der Waals surface area contributed by atoms with E-state index in [1.54, 1.807) is 0 Å². The molecule has 154 valence electrons. The molecule has 0 aliphatic carbocycles. The predicted molar refractivity (Wildman–Crippen MR) is 106 cm³/mol. The molecule has 4 amide bonds. The van der Waals surface area contributed by atoms with Gasteiger partial charge in [0.2, 0.25) is 0 Å². The summed E-state index contributed by atoms with van der Waals surface area (Å²) < 4.78 is 26.9. The Kier molecular flexibility index (Phi) is 6.35. The zero-order chi connectivity index (χ0) is 21.2. The molecule has 1 heterocycles. The highest BCUT2D eigenvalue weighted by Crippen LogP contribution is 2.32. The fourth-order valence-electron chi connectivity index (χ4n) is 2.84. The number of nitrogens with zero attached hydrogens (tertiary/aromatic N) is 1. The van der Waals surface area contributed by atoms with Crippen LogP contribution in [-0.2, 0) is 10.0 Å². The Bertz CT molecular complexity index is 882. The van der Waals surface area contributed by atoms with Crippen LogP contribution in [0.25, 0.3) is 0 Å². The summed E-state index contributed by atoms with van der Waals surface area (Å²) in [7, 11) is -3.15. The largest absolute Gasteiger partial charge is 0.368 e. The van der Waals surface area contributed by atoms with Crippen LogP contribution in [-0.4, -0.2) is 43.8 Å². The number of carbonyl (C=O) groups excluding carboxylic acids is 2. The zero-order valence-corrected chi connectivity index (χ0v) is 17.3. The summed E-state index contributed by atoms with van der Waals surface area (Å²) in [5.41, 5.74) is 2.31. The van der Waals surface area contributed by atoms with Crippen LogP contribution in [0.15, 0.2) is 29.3 Å². The number of hydrogen-bond donors (Lipinski definition) is 4. The standard InChI is InChI=1S/C18H26N4O5S/c1-10(2)12-7-6-8-13(11(3)4)15(12)20-17(24)21-28(26,27)14-9-19-18(25)22(5)16(14)23/h6-11,16,23H,1-5H3,(H,19,25)(H2,20,21,24). The first-order valence-corrected chi connectivity index (χ1v) is 10.3. The minimum Gasteiger partial charge on any atom is -0.368 e. The number of urea groups is 2. The first-order valence-electron chi connectivity index (χ1n) is 8.83. The average Bonchev–Trinajstić information content (AvgIpc) is 2.58.